The number of esters is 1. The molecular weight excluding hydrogens is 398 g/mol. The lowest BCUT2D eigenvalue weighted by molar-refractivity contribution is -0.116. The molecule has 0 radical (unpaired) electrons. The highest BCUT2D eigenvalue weighted by atomic mass is 32.1. The lowest BCUT2D eigenvalue weighted by atomic mass is 10.2. The molecule has 0 saturated heterocycles. The number of carbonyl (C=O) groups is 2. The Bertz CT molecular complexity index is 1120. The zero-order valence-corrected chi connectivity index (χ0v) is 16.9. The summed E-state index contributed by atoms with van der Waals surface area (Å²) < 4.78 is 16.5. The summed E-state index contributed by atoms with van der Waals surface area (Å²) in [4.78, 5) is 41.9. The van der Waals surface area contributed by atoms with Gasteiger partial charge in [-0.15, -0.1) is 11.3 Å². The van der Waals surface area contributed by atoms with Crippen LogP contribution in [0.5, 0.6) is 11.5 Å². The molecule has 1 amide bonds. The second-order valence-electron chi connectivity index (χ2n) is 5.84. The Balaban J connectivity index is 1.86. The number of nitrogens with one attached hydrogen (secondary N) is 1. The number of rotatable bonds is 7. The Morgan fingerprint density at radius 3 is 2.72 bits per heavy atom. The predicted octanol–water partition coefficient (Wildman–Crippen LogP) is 2.29. The second-order valence-corrected chi connectivity index (χ2v) is 6.70. The molecular formula is C19H19N3O6S. The number of aromatic nitrogens is 2. The van der Waals surface area contributed by atoms with Crippen molar-refractivity contribution in [3.63, 3.8) is 0 Å². The van der Waals surface area contributed by atoms with Gasteiger partial charge < -0.3 is 19.5 Å². The van der Waals surface area contributed by atoms with E-state index >= 15 is 0 Å². The molecule has 0 aliphatic rings. The Labute approximate surface area is 169 Å². The van der Waals surface area contributed by atoms with E-state index in [9.17, 15) is 14.4 Å². The first-order valence-electron chi connectivity index (χ1n) is 8.64. The molecule has 152 valence electrons. The number of amides is 1. The first-order chi connectivity index (χ1) is 14.0. The SMILES string of the molecule is CCOC(=O)c1csc2ncn(CC(=O)Nc3ccc(OC)cc3OC)c(=O)c12. The third kappa shape index (κ3) is 4.21. The lowest BCUT2D eigenvalue weighted by Crippen LogP contribution is -2.28. The highest BCUT2D eigenvalue weighted by Crippen LogP contribution is 2.29. The average Bonchev–Trinajstić information content (AvgIpc) is 3.15. The standard InChI is InChI=1S/C19H19N3O6S/c1-4-28-19(25)12-9-29-17-16(12)18(24)22(10-20-17)8-15(23)21-13-6-5-11(26-2)7-14(13)27-3/h5-7,9-10H,4,8H2,1-3H3,(H,21,23). The van der Waals surface area contributed by atoms with Gasteiger partial charge in [-0.05, 0) is 19.1 Å². The Hall–Kier alpha value is -3.40. The van der Waals surface area contributed by atoms with E-state index in [4.69, 9.17) is 14.2 Å². The normalized spacial score (nSPS) is 10.6. The zero-order valence-electron chi connectivity index (χ0n) is 16.1. The Morgan fingerprint density at radius 1 is 1.24 bits per heavy atom. The van der Waals surface area contributed by atoms with Crippen LogP contribution >= 0.6 is 11.3 Å². The fourth-order valence-electron chi connectivity index (χ4n) is 2.69. The van der Waals surface area contributed by atoms with E-state index < -0.39 is 17.4 Å². The van der Waals surface area contributed by atoms with Gasteiger partial charge in [-0.25, -0.2) is 9.78 Å². The number of ether oxygens (including phenoxy) is 3. The molecule has 9 nitrogen and oxygen atoms in total. The fraction of sp³-hybridized carbons (Fsp3) is 0.263. The second kappa shape index (κ2) is 8.74. The maximum Gasteiger partial charge on any atom is 0.339 e. The summed E-state index contributed by atoms with van der Waals surface area (Å²) in [5, 5.41) is 4.37. The summed E-state index contributed by atoms with van der Waals surface area (Å²) in [5.41, 5.74) is 0.0928. The van der Waals surface area contributed by atoms with Gasteiger partial charge in [-0.2, -0.15) is 0 Å². The topological polar surface area (TPSA) is 109 Å². The molecule has 3 aromatic rings. The highest BCUT2D eigenvalue weighted by molar-refractivity contribution is 7.17. The van der Waals surface area contributed by atoms with Crippen molar-refractivity contribution in [1.29, 1.82) is 0 Å². The van der Waals surface area contributed by atoms with Crippen molar-refractivity contribution in [1.82, 2.24) is 9.55 Å². The zero-order chi connectivity index (χ0) is 21.0. The smallest absolute Gasteiger partial charge is 0.339 e. The maximum absolute atomic E-state index is 12.8. The van der Waals surface area contributed by atoms with Crippen molar-refractivity contribution in [3.05, 3.63) is 45.8 Å². The number of hydrogen-bond donors (Lipinski definition) is 1. The van der Waals surface area contributed by atoms with E-state index in [1.165, 1.54) is 37.3 Å². The molecule has 10 heteroatoms. The van der Waals surface area contributed by atoms with E-state index in [0.29, 0.717) is 22.0 Å². The molecule has 0 saturated carbocycles. The van der Waals surface area contributed by atoms with Gasteiger partial charge in [-0.3, -0.25) is 14.2 Å². The largest absolute Gasteiger partial charge is 0.497 e. The van der Waals surface area contributed by atoms with Gasteiger partial charge in [0.1, 0.15) is 22.9 Å². The number of anilines is 1. The molecule has 0 aliphatic carbocycles. The highest BCUT2D eigenvalue weighted by Gasteiger charge is 2.19. The Morgan fingerprint density at radius 2 is 2.03 bits per heavy atom. The minimum atomic E-state index is -0.595. The van der Waals surface area contributed by atoms with E-state index in [2.05, 4.69) is 10.3 Å². The van der Waals surface area contributed by atoms with Gasteiger partial charge in [0.2, 0.25) is 5.91 Å². The minimum Gasteiger partial charge on any atom is -0.497 e. The monoisotopic (exact) mass is 417 g/mol. The number of fused-ring (bicyclic) bond motifs is 1. The van der Waals surface area contributed by atoms with Gasteiger partial charge in [-0.1, -0.05) is 0 Å². The number of benzene rings is 1. The van der Waals surface area contributed by atoms with E-state index in [0.717, 1.165) is 4.57 Å². The van der Waals surface area contributed by atoms with Crippen LogP contribution in [0.1, 0.15) is 17.3 Å². The molecule has 1 N–H and O–H groups in total. The third-order valence-corrected chi connectivity index (χ3v) is 4.94. The molecule has 0 unspecified atom stereocenters. The van der Waals surface area contributed by atoms with Crippen molar-refractivity contribution in [2.45, 2.75) is 13.5 Å². The quantitative estimate of drug-likeness (QED) is 0.588. The van der Waals surface area contributed by atoms with Crippen LogP contribution in [0, 0.1) is 0 Å². The first-order valence-corrected chi connectivity index (χ1v) is 9.52. The molecule has 0 fully saturated rings. The maximum atomic E-state index is 12.8. The van der Waals surface area contributed by atoms with Gasteiger partial charge >= 0.3 is 5.97 Å². The van der Waals surface area contributed by atoms with Crippen LogP contribution in [0.4, 0.5) is 5.69 Å². The molecule has 29 heavy (non-hydrogen) atoms. The van der Waals surface area contributed by atoms with Crippen molar-refractivity contribution in [2.24, 2.45) is 0 Å². The molecule has 2 heterocycles. The Kier molecular flexibility index (Phi) is 6.13. The van der Waals surface area contributed by atoms with Crippen LogP contribution < -0.4 is 20.3 Å². The van der Waals surface area contributed by atoms with Gasteiger partial charge in [0.25, 0.3) is 5.56 Å². The predicted molar refractivity (Wildman–Crippen MR) is 108 cm³/mol. The summed E-state index contributed by atoms with van der Waals surface area (Å²) in [5.74, 6) is -0.0526. The number of hydrogen-bond acceptors (Lipinski definition) is 8. The fourth-order valence-corrected chi connectivity index (χ4v) is 3.55. The van der Waals surface area contributed by atoms with Crippen LogP contribution in [0.3, 0.4) is 0 Å². The molecule has 0 aliphatic heterocycles. The molecule has 0 bridgehead atoms. The van der Waals surface area contributed by atoms with Gasteiger partial charge in [0, 0.05) is 11.4 Å². The number of nitrogens with zero attached hydrogens (tertiary/aromatic N) is 2. The summed E-state index contributed by atoms with van der Waals surface area (Å²) in [7, 11) is 3.00. The van der Waals surface area contributed by atoms with Crippen molar-refractivity contribution >= 4 is 39.1 Å². The van der Waals surface area contributed by atoms with Gasteiger partial charge in [0.05, 0.1) is 43.8 Å². The molecule has 0 atom stereocenters. The summed E-state index contributed by atoms with van der Waals surface area (Å²) in [6.45, 7) is 1.59. The van der Waals surface area contributed by atoms with E-state index in [1.54, 1.807) is 25.1 Å². The first kappa shape index (κ1) is 20.3. The van der Waals surface area contributed by atoms with E-state index in [-0.39, 0.29) is 24.1 Å². The van der Waals surface area contributed by atoms with Crippen molar-refractivity contribution in [3.8, 4) is 11.5 Å². The molecule has 0 spiro atoms. The molecule has 3 rings (SSSR count). The van der Waals surface area contributed by atoms with Crippen LogP contribution in [0.15, 0.2) is 34.7 Å². The van der Waals surface area contributed by atoms with Crippen molar-refractivity contribution < 1.29 is 23.8 Å². The number of carbonyl (C=O) groups excluding carboxylic acids is 2. The van der Waals surface area contributed by atoms with Crippen LogP contribution in [-0.4, -0.2) is 42.3 Å². The number of thiophene rings is 1. The van der Waals surface area contributed by atoms with Gasteiger partial charge in [0.15, 0.2) is 0 Å². The summed E-state index contributed by atoms with van der Waals surface area (Å²) in [6.07, 6.45) is 1.28. The van der Waals surface area contributed by atoms with Crippen molar-refractivity contribution in [2.75, 3.05) is 26.1 Å². The summed E-state index contributed by atoms with van der Waals surface area (Å²) in [6, 6.07) is 4.94. The summed E-state index contributed by atoms with van der Waals surface area (Å²) >= 11 is 1.17. The third-order valence-electron chi connectivity index (χ3n) is 4.05. The molecule has 2 aromatic heterocycles. The lowest BCUT2D eigenvalue weighted by Gasteiger charge is -2.12. The van der Waals surface area contributed by atoms with E-state index in [1.807, 2.05) is 0 Å². The minimum absolute atomic E-state index is 0.144. The van der Waals surface area contributed by atoms with Crippen LogP contribution in [0.2, 0.25) is 0 Å². The van der Waals surface area contributed by atoms with Crippen LogP contribution in [-0.2, 0) is 16.1 Å². The van der Waals surface area contributed by atoms with Crippen LogP contribution in [0.25, 0.3) is 10.2 Å². The molecule has 1 aromatic carbocycles. The average molecular weight is 417 g/mol. The number of methoxy groups -OCH3 is 2.